The van der Waals surface area contributed by atoms with Crippen LogP contribution in [-0.4, -0.2) is 23.5 Å². The van der Waals surface area contributed by atoms with E-state index in [0.717, 1.165) is 23.7 Å². The Balaban J connectivity index is 2.34. The third-order valence-electron chi connectivity index (χ3n) is 8.54. The van der Waals surface area contributed by atoms with Crippen molar-refractivity contribution < 1.29 is 0 Å². The summed E-state index contributed by atoms with van der Waals surface area (Å²) < 4.78 is 0. The molecule has 0 aromatic rings. The summed E-state index contributed by atoms with van der Waals surface area (Å²) in [5.74, 6) is 5.70. The molecule has 2 rings (SSSR count). The molecule has 2 nitrogen and oxygen atoms in total. The number of hydrogen-bond donors (Lipinski definition) is 0. The Labute approximate surface area is 188 Å². The van der Waals surface area contributed by atoms with Crippen LogP contribution in [0, 0.1) is 47.3 Å². The molecule has 2 saturated carbocycles. The third kappa shape index (κ3) is 6.19. The van der Waals surface area contributed by atoms with E-state index in [9.17, 15) is 0 Å². The Morgan fingerprint density at radius 1 is 0.500 bits per heavy atom. The lowest BCUT2D eigenvalue weighted by Gasteiger charge is -2.41. The first-order valence-corrected chi connectivity index (χ1v) is 13.1. The van der Waals surface area contributed by atoms with E-state index >= 15 is 0 Å². The average Bonchev–Trinajstić information content (AvgIpc) is 2.67. The van der Waals surface area contributed by atoms with Crippen molar-refractivity contribution in [3.8, 4) is 0 Å². The molecule has 0 aliphatic heterocycles. The Kier molecular flexibility index (Phi) is 9.62. The maximum absolute atomic E-state index is 5.43. The molecule has 0 aromatic heterocycles. The van der Waals surface area contributed by atoms with Crippen LogP contribution in [0.25, 0.3) is 0 Å². The smallest absolute Gasteiger partial charge is 0.0564 e. The van der Waals surface area contributed by atoms with Gasteiger partial charge in [0.2, 0.25) is 0 Å². The standard InChI is InChI=1S/C28H52N2/c1-17(2)23-13-11-14-24(18(3)4)27(23)29-21(9)22(10)30-28-25(19(5)6)15-12-16-26(28)20(7)8/h17-20,23-28H,11-16H2,1-10H3. The van der Waals surface area contributed by atoms with Crippen molar-refractivity contribution in [1.82, 2.24) is 0 Å². The first kappa shape index (κ1) is 25.6. The largest absolute Gasteiger partial charge is 0.284 e. The minimum absolute atomic E-state index is 0.469. The van der Waals surface area contributed by atoms with Crippen LogP contribution >= 0.6 is 0 Å². The van der Waals surface area contributed by atoms with Crippen LogP contribution in [0.1, 0.15) is 108 Å². The zero-order valence-electron chi connectivity index (χ0n) is 21.9. The molecule has 0 amide bonds. The summed E-state index contributed by atoms with van der Waals surface area (Å²) in [7, 11) is 0. The van der Waals surface area contributed by atoms with E-state index in [2.05, 4.69) is 69.2 Å². The molecular formula is C28H52N2. The highest BCUT2D eigenvalue weighted by atomic mass is 14.9. The fraction of sp³-hybridized carbons (Fsp3) is 0.929. The minimum Gasteiger partial charge on any atom is -0.284 e. The van der Waals surface area contributed by atoms with Gasteiger partial charge in [0.05, 0.1) is 23.5 Å². The highest BCUT2D eigenvalue weighted by Gasteiger charge is 2.38. The summed E-state index contributed by atoms with van der Waals surface area (Å²) in [5.41, 5.74) is 2.41. The number of rotatable bonds is 7. The second-order valence-electron chi connectivity index (χ2n) is 11.9. The first-order chi connectivity index (χ1) is 14.0. The van der Waals surface area contributed by atoms with Gasteiger partial charge in [-0.2, -0.15) is 0 Å². The summed E-state index contributed by atoms with van der Waals surface area (Å²) in [6.45, 7) is 23.7. The zero-order chi connectivity index (χ0) is 22.6. The number of hydrogen-bond acceptors (Lipinski definition) is 2. The van der Waals surface area contributed by atoms with E-state index in [4.69, 9.17) is 9.98 Å². The van der Waals surface area contributed by atoms with Crippen LogP contribution in [0.15, 0.2) is 9.98 Å². The lowest BCUT2D eigenvalue weighted by molar-refractivity contribution is 0.142. The van der Waals surface area contributed by atoms with Gasteiger partial charge in [-0.25, -0.2) is 0 Å². The second kappa shape index (κ2) is 11.3. The fourth-order valence-corrected chi connectivity index (χ4v) is 6.42. The van der Waals surface area contributed by atoms with Crippen LogP contribution in [0.4, 0.5) is 0 Å². The topological polar surface area (TPSA) is 24.7 Å². The highest BCUT2D eigenvalue weighted by Crippen LogP contribution is 2.41. The van der Waals surface area contributed by atoms with E-state index in [-0.39, 0.29) is 0 Å². The summed E-state index contributed by atoms with van der Waals surface area (Å²) in [6, 6.07) is 0.939. The molecule has 0 N–H and O–H groups in total. The molecule has 0 radical (unpaired) electrons. The molecule has 2 aliphatic carbocycles. The molecule has 0 saturated heterocycles. The van der Waals surface area contributed by atoms with Gasteiger partial charge in [0, 0.05) is 0 Å². The van der Waals surface area contributed by atoms with Crippen molar-refractivity contribution in [1.29, 1.82) is 0 Å². The van der Waals surface area contributed by atoms with Crippen molar-refractivity contribution in [2.45, 2.75) is 120 Å². The van der Waals surface area contributed by atoms with Crippen LogP contribution in [0.3, 0.4) is 0 Å². The van der Waals surface area contributed by atoms with Crippen LogP contribution in [0.5, 0.6) is 0 Å². The van der Waals surface area contributed by atoms with E-state index < -0.39 is 0 Å². The fourth-order valence-electron chi connectivity index (χ4n) is 6.42. The Morgan fingerprint density at radius 2 is 0.733 bits per heavy atom. The van der Waals surface area contributed by atoms with Crippen molar-refractivity contribution in [3.05, 3.63) is 0 Å². The van der Waals surface area contributed by atoms with Crippen LogP contribution in [-0.2, 0) is 0 Å². The van der Waals surface area contributed by atoms with Crippen LogP contribution in [0.2, 0.25) is 0 Å². The molecule has 0 aromatic carbocycles. The summed E-state index contributed by atoms with van der Waals surface area (Å²) >= 11 is 0. The minimum atomic E-state index is 0.469. The highest BCUT2D eigenvalue weighted by molar-refractivity contribution is 6.40. The predicted octanol–water partition coefficient (Wildman–Crippen LogP) is 8.10. The van der Waals surface area contributed by atoms with Gasteiger partial charge in [-0.3, -0.25) is 9.98 Å². The molecule has 2 fully saturated rings. The maximum Gasteiger partial charge on any atom is 0.0564 e. The van der Waals surface area contributed by atoms with Gasteiger partial charge in [0.1, 0.15) is 0 Å². The van der Waals surface area contributed by atoms with E-state index in [1.54, 1.807) is 0 Å². The number of nitrogens with zero attached hydrogens (tertiary/aromatic N) is 2. The molecule has 4 atom stereocenters. The molecule has 4 unspecified atom stereocenters. The molecular weight excluding hydrogens is 364 g/mol. The Morgan fingerprint density at radius 3 is 0.933 bits per heavy atom. The predicted molar refractivity (Wildman–Crippen MR) is 135 cm³/mol. The van der Waals surface area contributed by atoms with Gasteiger partial charge in [0.15, 0.2) is 0 Å². The van der Waals surface area contributed by atoms with E-state index in [1.165, 1.54) is 49.9 Å². The lowest BCUT2D eigenvalue weighted by atomic mass is 9.68. The lowest BCUT2D eigenvalue weighted by Crippen LogP contribution is -2.39. The summed E-state index contributed by atoms with van der Waals surface area (Å²) in [4.78, 5) is 10.9. The quantitative estimate of drug-likeness (QED) is 0.374. The van der Waals surface area contributed by atoms with E-state index in [1.807, 2.05) is 0 Å². The Bertz CT molecular complexity index is 499. The van der Waals surface area contributed by atoms with Gasteiger partial charge < -0.3 is 0 Å². The van der Waals surface area contributed by atoms with Crippen LogP contribution < -0.4 is 0 Å². The number of aliphatic imine (C=N–C) groups is 2. The first-order valence-electron chi connectivity index (χ1n) is 13.1. The van der Waals surface area contributed by atoms with Crippen molar-refractivity contribution in [2.75, 3.05) is 0 Å². The monoisotopic (exact) mass is 416 g/mol. The summed E-state index contributed by atoms with van der Waals surface area (Å²) in [5, 5.41) is 0. The maximum atomic E-state index is 5.43. The SMILES string of the molecule is CC(=NC1C(C(C)C)CCCC1C(C)C)C(C)=NC1C(C(C)C)CCCC1C(C)C. The zero-order valence-corrected chi connectivity index (χ0v) is 21.9. The molecule has 0 spiro atoms. The molecule has 2 heteroatoms. The molecule has 30 heavy (non-hydrogen) atoms. The normalized spacial score (nSPS) is 34.5. The summed E-state index contributed by atoms with van der Waals surface area (Å²) in [6.07, 6.45) is 8.10. The van der Waals surface area contributed by atoms with Crippen molar-refractivity contribution >= 4 is 11.4 Å². The van der Waals surface area contributed by atoms with Gasteiger partial charge in [-0.05, 0) is 86.9 Å². The molecule has 0 bridgehead atoms. The van der Waals surface area contributed by atoms with Gasteiger partial charge in [-0.1, -0.05) is 68.2 Å². The average molecular weight is 417 g/mol. The van der Waals surface area contributed by atoms with Gasteiger partial charge >= 0.3 is 0 Å². The van der Waals surface area contributed by atoms with Gasteiger partial charge in [0.25, 0.3) is 0 Å². The third-order valence-corrected chi connectivity index (χ3v) is 8.54. The molecule has 0 heterocycles. The Hall–Kier alpha value is -0.660. The van der Waals surface area contributed by atoms with Gasteiger partial charge in [-0.15, -0.1) is 0 Å². The van der Waals surface area contributed by atoms with Crippen molar-refractivity contribution in [3.63, 3.8) is 0 Å². The second-order valence-corrected chi connectivity index (χ2v) is 11.9. The molecule has 174 valence electrons. The van der Waals surface area contributed by atoms with Crippen molar-refractivity contribution in [2.24, 2.45) is 57.3 Å². The molecule has 2 aliphatic rings. The van der Waals surface area contributed by atoms with E-state index in [0.29, 0.717) is 35.8 Å².